The van der Waals surface area contributed by atoms with E-state index in [1.165, 1.54) is 0 Å². The average Bonchev–Trinajstić information content (AvgIpc) is 2.46. The van der Waals surface area contributed by atoms with Crippen molar-refractivity contribution in [3.05, 3.63) is 81.9 Å². The Morgan fingerprint density at radius 3 is 1.89 bits per heavy atom. The summed E-state index contributed by atoms with van der Waals surface area (Å²) in [4.78, 5) is 10.8. The van der Waals surface area contributed by atoms with Crippen LogP contribution in [-0.2, 0) is 0 Å². The van der Waals surface area contributed by atoms with E-state index in [9.17, 15) is 15.2 Å². The second-order valence-corrected chi connectivity index (χ2v) is 4.37. The standard InChI is InChI=1S/C15H15NO3/c17-15(13-9-5-2-6-10-13)11-14(16(18)19)12-7-3-1-4-8-12/h1-10,14-15,17H,11H2. The van der Waals surface area contributed by atoms with Crippen LogP contribution >= 0.6 is 0 Å². The quantitative estimate of drug-likeness (QED) is 0.661. The minimum Gasteiger partial charge on any atom is -0.388 e. The molecule has 0 aromatic heterocycles. The topological polar surface area (TPSA) is 63.4 Å². The van der Waals surface area contributed by atoms with Crippen molar-refractivity contribution in [2.45, 2.75) is 18.6 Å². The molecule has 0 saturated heterocycles. The molecule has 0 aliphatic heterocycles. The van der Waals surface area contributed by atoms with Crippen molar-refractivity contribution in [1.29, 1.82) is 0 Å². The molecule has 0 spiro atoms. The SMILES string of the molecule is O=[N+]([O-])C(CC(O)c1ccccc1)c1ccccc1. The normalized spacial score (nSPS) is 13.7. The molecule has 0 fully saturated rings. The third-order valence-corrected chi connectivity index (χ3v) is 3.07. The van der Waals surface area contributed by atoms with Gasteiger partial charge in [-0.2, -0.15) is 0 Å². The van der Waals surface area contributed by atoms with Gasteiger partial charge < -0.3 is 5.11 Å². The highest BCUT2D eigenvalue weighted by molar-refractivity contribution is 5.20. The van der Waals surface area contributed by atoms with Crippen LogP contribution in [-0.4, -0.2) is 10.0 Å². The predicted molar refractivity (Wildman–Crippen MR) is 72.2 cm³/mol. The van der Waals surface area contributed by atoms with Crippen LogP contribution in [0.25, 0.3) is 0 Å². The lowest BCUT2D eigenvalue weighted by molar-refractivity contribution is -0.532. The smallest absolute Gasteiger partial charge is 0.240 e. The van der Waals surface area contributed by atoms with E-state index in [0.717, 1.165) is 0 Å². The first-order valence-electron chi connectivity index (χ1n) is 6.10. The van der Waals surface area contributed by atoms with Gasteiger partial charge in [-0.3, -0.25) is 10.1 Å². The van der Waals surface area contributed by atoms with Crippen molar-refractivity contribution >= 4 is 0 Å². The molecule has 98 valence electrons. The van der Waals surface area contributed by atoms with Gasteiger partial charge in [-0.25, -0.2) is 0 Å². The first-order chi connectivity index (χ1) is 9.18. The fourth-order valence-corrected chi connectivity index (χ4v) is 2.04. The number of hydrogen-bond donors (Lipinski definition) is 1. The lowest BCUT2D eigenvalue weighted by Gasteiger charge is -2.15. The Kier molecular flexibility index (Phi) is 4.26. The first-order valence-corrected chi connectivity index (χ1v) is 6.10. The molecule has 0 aliphatic rings. The van der Waals surface area contributed by atoms with Crippen LogP contribution in [0.2, 0.25) is 0 Å². The number of hydrogen-bond acceptors (Lipinski definition) is 3. The zero-order valence-corrected chi connectivity index (χ0v) is 10.3. The Hall–Kier alpha value is -2.20. The zero-order chi connectivity index (χ0) is 13.7. The maximum absolute atomic E-state index is 11.2. The van der Waals surface area contributed by atoms with Crippen LogP contribution in [0.15, 0.2) is 60.7 Å². The van der Waals surface area contributed by atoms with Crippen molar-refractivity contribution in [3.8, 4) is 0 Å². The summed E-state index contributed by atoms with van der Waals surface area (Å²) in [6, 6.07) is 16.9. The van der Waals surface area contributed by atoms with E-state index >= 15 is 0 Å². The highest BCUT2D eigenvalue weighted by atomic mass is 16.6. The lowest BCUT2D eigenvalue weighted by atomic mass is 9.97. The van der Waals surface area contributed by atoms with Crippen LogP contribution < -0.4 is 0 Å². The molecule has 0 radical (unpaired) electrons. The van der Waals surface area contributed by atoms with Gasteiger partial charge in [0, 0.05) is 16.9 Å². The molecule has 0 saturated carbocycles. The molecule has 2 aromatic rings. The summed E-state index contributed by atoms with van der Waals surface area (Å²) < 4.78 is 0. The molecular formula is C15H15NO3. The molecule has 0 amide bonds. The van der Waals surface area contributed by atoms with Crippen LogP contribution in [0.3, 0.4) is 0 Å². The van der Waals surface area contributed by atoms with Crippen molar-refractivity contribution in [2.24, 2.45) is 0 Å². The van der Waals surface area contributed by atoms with Crippen LogP contribution in [0.4, 0.5) is 0 Å². The number of nitro groups is 1. The summed E-state index contributed by atoms with van der Waals surface area (Å²) in [6.45, 7) is 0. The van der Waals surface area contributed by atoms with E-state index < -0.39 is 12.1 Å². The van der Waals surface area contributed by atoms with E-state index in [1.807, 2.05) is 24.3 Å². The van der Waals surface area contributed by atoms with Gasteiger partial charge in [0.05, 0.1) is 6.10 Å². The van der Waals surface area contributed by atoms with Gasteiger partial charge in [0.2, 0.25) is 6.04 Å². The third-order valence-electron chi connectivity index (χ3n) is 3.07. The summed E-state index contributed by atoms with van der Waals surface area (Å²) in [5, 5.41) is 21.3. The van der Waals surface area contributed by atoms with Gasteiger partial charge >= 0.3 is 0 Å². The molecule has 0 bridgehead atoms. The minimum atomic E-state index is -0.892. The van der Waals surface area contributed by atoms with Crippen molar-refractivity contribution in [3.63, 3.8) is 0 Å². The van der Waals surface area contributed by atoms with Crippen LogP contribution in [0.1, 0.15) is 29.7 Å². The van der Waals surface area contributed by atoms with Crippen LogP contribution in [0.5, 0.6) is 0 Å². The molecule has 1 N–H and O–H groups in total. The fraction of sp³-hybridized carbons (Fsp3) is 0.200. The van der Waals surface area contributed by atoms with Crippen molar-refractivity contribution in [1.82, 2.24) is 0 Å². The molecule has 19 heavy (non-hydrogen) atoms. The average molecular weight is 257 g/mol. The Balaban J connectivity index is 2.16. The van der Waals surface area contributed by atoms with Gasteiger partial charge in [0.1, 0.15) is 0 Å². The molecule has 2 atom stereocenters. The van der Waals surface area contributed by atoms with Crippen molar-refractivity contribution in [2.75, 3.05) is 0 Å². The number of nitrogens with zero attached hydrogens (tertiary/aromatic N) is 1. The van der Waals surface area contributed by atoms with Gasteiger partial charge in [-0.05, 0) is 5.56 Å². The summed E-state index contributed by atoms with van der Waals surface area (Å²) in [5.41, 5.74) is 1.31. The Morgan fingerprint density at radius 1 is 0.947 bits per heavy atom. The molecule has 0 heterocycles. The number of benzene rings is 2. The second-order valence-electron chi connectivity index (χ2n) is 4.37. The molecule has 2 unspecified atom stereocenters. The molecule has 4 heteroatoms. The maximum atomic E-state index is 11.2. The number of rotatable bonds is 5. The zero-order valence-electron chi connectivity index (χ0n) is 10.3. The lowest BCUT2D eigenvalue weighted by Crippen LogP contribution is -2.14. The highest BCUT2D eigenvalue weighted by Gasteiger charge is 2.26. The summed E-state index contributed by atoms with van der Waals surface area (Å²) in [5.74, 6) is 0. The van der Waals surface area contributed by atoms with E-state index in [1.54, 1.807) is 36.4 Å². The predicted octanol–water partition coefficient (Wildman–Crippen LogP) is 3.13. The first kappa shape index (κ1) is 13.2. The summed E-state index contributed by atoms with van der Waals surface area (Å²) in [7, 11) is 0. The molecule has 0 aliphatic carbocycles. The molecular weight excluding hydrogens is 242 g/mol. The molecule has 2 rings (SSSR count). The highest BCUT2D eigenvalue weighted by Crippen LogP contribution is 2.28. The number of aliphatic hydroxyl groups excluding tert-OH is 1. The van der Waals surface area contributed by atoms with E-state index in [0.29, 0.717) is 11.1 Å². The Bertz CT molecular complexity index is 528. The largest absolute Gasteiger partial charge is 0.388 e. The molecule has 2 aromatic carbocycles. The van der Waals surface area contributed by atoms with Crippen LogP contribution in [0, 0.1) is 10.1 Å². The monoisotopic (exact) mass is 257 g/mol. The van der Waals surface area contributed by atoms with E-state index in [2.05, 4.69) is 0 Å². The molecule has 4 nitrogen and oxygen atoms in total. The Morgan fingerprint density at radius 2 is 1.42 bits per heavy atom. The summed E-state index contributed by atoms with van der Waals surface area (Å²) >= 11 is 0. The van der Waals surface area contributed by atoms with Gasteiger partial charge in [0.25, 0.3) is 0 Å². The van der Waals surface area contributed by atoms with Gasteiger partial charge in [-0.15, -0.1) is 0 Å². The van der Waals surface area contributed by atoms with E-state index in [4.69, 9.17) is 0 Å². The summed E-state index contributed by atoms with van der Waals surface area (Å²) in [6.07, 6.45) is -0.766. The van der Waals surface area contributed by atoms with Gasteiger partial charge in [-0.1, -0.05) is 60.7 Å². The van der Waals surface area contributed by atoms with E-state index in [-0.39, 0.29) is 11.3 Å². The van der Waals surface area contributed by atoms with Crippen molar-refractivity contribution < 1.29 is 10.0 Å². The Labute approximate surface area is 111 Å². The fourth-order valence-electron chi connectivity index (χ4n) is 2.04. The second kappa shape index (κ2) is 6.11. The number of aliphatic hydroxyl groups is 1. The maximum Gasteiger partial charge on any atom is 0.240 e. The van der Waals surface area contributed by atoms with Gasteiger partial charge in [0.15, 0.2) is 0 Å². The third kappa shape index (κ3) is 3.39. The minimum absolute atomic E-state index is 0.0705.